The second kappa shape index (κ2) is 7.35. The Kier molecular flexibility index (Phi) is 5.18. The molecule has 4 nitrogen and oxygen atoms in total. The van der Waals surface area contributed by atoms with E-state index < -0.39 is 0 Å². The number of hydrogen-bond donors (Lipinski definition) is 1. The van der Waals surface area contributed by atoms with Crippen molar-refractivity contribution in [2.24, 2.45) is 11.7 Å². The summed E-state index contributed by atoms with van der Waals surface area (Å²) < 4.78 is 13.1. The van der Waals surface area contributed by atoms with Crippen LogP contribution in [-0.4, -0.2) is 29.8 Å². The Morgan fingerprint density at radius 2 is 1.88 bits per heavy atom. The molecule has 132 valence electrons. The Hall–Kier alpha value is -2.21. The Bertz CT molecular complexity index is 777. The topological polar surface area (TPSA) is 63.4 Å². The lowest BCUT2D eigenvalue weighted by atomic mass is 9.93. The molecule has 2 amide bonds. The predicted octanol–water partition coefficient (Wildman–Crippen LogP) is 3.59. The van der Waals surface area contributed by atoms with Crippen LogP contribution in [0, 0.1) is 18.7 Å². The minimum atomic E-state index is -0.275. The van der Waals surface area contributed by atoms with Gasteiger partial charge in [0.25, 0.3) is 5.91 Å². The summed E-state index contributed by atoms with van der Waals surface area (Å²) in [5, 5.41) is 0. The second-order valence-corrected chi connectivity index (χ2v) is 7.59. The molecule has 0 atom stereocenters. The van der Waals surface area contributed by atoms with Crippen molar-refractivity contribution < 1.29 is 14.0 Å². The van der Waals surface area contributed by atoms with E-state index in [0.717, 1.165) is 28.8 Å². The molecule has 0 unspecified atom stereocenters. The summed E-state index contributed by atoms with van der Waals surface area (Å²) in [6.07, 6.45) is 2.02. The molecule has 1 aromatic carbocycles. The van der Waals surface area contributed by atoms with Gasteiger partial charge < -0.3 is 10.6 Å². The minimum absolute atomic E-state index is 0.0268. The molecule has 0 bridgehead atoms. The summed E-state index contributed by atoms with van der Waals surface area (Å²) in [4.78, 5) is 27.3. The van der Waals surface area contributed by atoms with E-state index in [9.17, 15) is 14.0 Å². The number of nitrogens with two attached hydrogens (primary N) is 1. The van der Waals surface area contributed by atoms with Gasteiger partial charge in [0.2, 0.25) is 5.91 Å². The summed E-state index contributed by atoms with van der Waals surface area (Å²) in [6, 6.07) is 8.23. The zero-order chi connectivity index (χ0) is 18.0. The van der Waals surface area contributed by atoms with Crippen LogP contribution in [0.3, 0.4) is 0 Å². The molecule has 1 aromatic heterocycles. The van der Waals surface area contributed by atoms with Gasteiger partial charge in [0.05, 0.1) is 4.88 Å². The van der Waals surface area contributed by atoms with Gasteiger partial charge >= 0.3 is 0 Å². The number of carbonyl (C=O) groups excluding carboxylic acids is 2. The van der Waals surface area contributed by atoms with E-state index in [4.69, 9.17) is 5.73 Å². The molecule has 2 N–H and O–H groups in total. The van der Waals surface area contributed by atoms with E-state index in [0.29, 0.717) is 24.4 Å². The number of amides is 2. The van der Waals surface area contributed by atoms with Crippen LogP contribution < -0.4 is 5.73 Å². The number of rotatable bonds is 4. The fourth-order valence-electron chi connectivity index (χ4n) is 3.26. The van der Waals surface area contributed by atoms with Gasteiger partial charge in [-0.15, -0.1) is 11.3 Å². The van der Waals surface area contributed by atoms with Crippen LogP contribution in [0.1, 0.15) is 34.5 Å². The van der Waals surface area contributed by atoms with Gasteiger partial charge in [-0.1, -0.05) is 12.1 Å². The van der Waals surface area contributed by atoms with Crippen molar-refractivity contribution in [2.45, 2.75) is 26.2 Å². The maximum atomic E-state index is 13.1. The van der Waals surface area contributed by atoms with E-state index in [1.54, 1.807) is 12.1 Å². The van der Waals surface area contributed by atoms with Gasteiger partial charge in [0.15, 0.2) is 0 Å². The first kappa shape index (κ1) is 17.6. The summed E-state index contributed by atoms with van der Waals surface area (Å²) >= 11 is 1.44. The van der Waals surface area contributed by atoms with Crippen LogP contribution in [0.4, 0.5) is 4.39 Å². The second-order valence-electron chi connectivity index (χ2n) is 6.54. The van der Waals surface area contributed by atoms with E-state index in [2.05, 4.69) is 0 Å². The van der Waals surface area contributed by atoms with E-state index in [-0.39, 0.29) is 23.5 Å². The van der Waals surface area contributed by atoms with Gasteiger partial charge in [0.1, 0.15) is 5.82 Å². The van der Waals surface area contributed by atoms with Gasteiger partial charge in [-0.25, -0.2) is 4.39 Å². The number of thiophene rings is 1. The lowest BCUT2D eigenvalue weighted by molar-refractivity contribution is -0.119. The van der Waals surface area contributed by atoms with E-state index in [1.165, 1.54) is 23.5 Å². The summed E-state index contributed by atoms with van der Waals surface area (Å²) in [6.45, 7) is 3.27. The molecule has 2 aromatic rings. The third-order valence-corrected chi connectivity index (χ3v) is 5.90. The number of benzene rings is 1. The first-order chi connectivity index (χ1) is 11.9. The Morgan fingerprint density at radius 3 is 2.48 bits per heavy atom. The monoisotopic (exact) mass is 360 g/mol. The maximum Gasteiger partial charge on any atom is 0.263 e. The lowest BCUT2D eigenvalue weighted by Gasteiger charge is -2.31. The number of hydrogen-bond acceptors (Lipinski definition) is 3. The van der Waals surface area contributed by atoms with Crippen molar-refractivity contribution in [1.29, 1.82) is 0 Å². The molecule has 6 heteroatoms. The number of primary amides is 1. The highest BCUT2D eigenvalue weighted by Crippen LogP contribution is 2.33. The highest BCUT2D eigenvalue weighted by Gasteiger charge is 2.26. The average molecular weight is 360 g/mol. The maximum absolute atomic E-state index is 13.1. The predicted molar refractivity (Wildman–Crippen MR) is 96.9 cm³/mol. The first-order valence-corrected chi connectivity index (χ1v) is 9.19. The Morgan fingerprint density at radius 1 is 1.24 bits per heavy atom. The zero-order valence-electron chi connectivity index (χ0n) is 14.1. The van der Waals surface area contributed by atoms with Crippen molar-refractivity contribution >= 4 is 23.2 Å². The van der Waals surface area contributed by atoms with Crippen LogP contribution >= 0.6 is 11.3 Å². The summed E-state index contributed by atoms with van der Waals surface area (Å²) in [7, 11) is 0. The molecule has 1 saturated heterocycles. The smallest absolute Gasteiger partial charge is 0.263 e. The van der Waals surface area contributed by atoms with Crippen LogP contribution in [0.5, 0.6) is 0 Å². The fourth-order valence-corrected chi connectivity index (χ4v) is 4.40. The van der Waals surface area contributed by atoms with Crippen molar-refractivity contribution in [2.75, 3.05) is 13.1 Å². The average Bonchev–Trinajstić information content (AvgIpc) is 2.97. The number of halogens is 1. The van der Waals surface area contributed by atoms with Crippen LogP contribution in [0.15, 0.2) is 30.3 Å². The van der Waals surface area contributed by atoms with Gasteiger partial charge in [-0.2, -0.15) is 0 Å². The Balaban J connectivity index is 1.70. The SMILES string of the molecule is Cc1cc(C(=O)N2CCC(CC(N)=O)CC2)sc1-c1ccc(F)cc1. The van der Waals surface area contributed by atoms with Gasteiger partial charge in [-0.05, 0) is 55.0 Å². The molecule has 1 fully saturated rings. The largest absolute Gasteiger partial charge is 0.370 e. The molecule has 0 aliphatic carbocycles. The van der Waals surface area contributed by atoms with Crippen molar-refractivity contribution in [3.05, 3.63) is 46.6 Å². The summed E-state index contributed by atoms with van der Waals surface area (Å²) in [5.41, 5.74) is 7.19. The number of carbonyl (C=O) groups is 2. The third kappa shape index (κ3) is 4.07. The van der Waals surface area contributed by atoms with Crippen LogP contribution in [-0.2, 0) is 4.79 Å². The molecule has 1 aliphatic rings. The fraction of sp³-hybridized carbons (Fsp3) is 0.368. The normalized spacial score (nSPS) is 15.4. The molecule has 1 aliphatic heterocycles. The lowest BCUT2D eigenvalue weighted by Crippen LogP contribution is -2.39. The molecule has 25 heavy (non-hydrogen) atoms. The molecule has 0 radical (unpaired) electrons. The standard InChI is InChI=1S/C19H21FN2O2S/c1-12-10-16(25-18(12)14-2-4-15(20)5-3-14)19(24)22-8-6-13(7-9-22)11-17(21)23/h2-5,10,13H,6-9,11H2,1H3,(H2,21,23). The van der Waals surface area contributed by atoms with Crippen LogP contribution in [0.25, 0.3) is 10.4 Å². The Labute approximate surface area is 150 Å². The zero-order valence-corrected chi connectivity index (χ0v) is 14.9. The molecule has 0 saturated carbocycles. The minimum Gasteiger partial charge on any atom is -0.370 e. The van der Waals surface area contributed by atoms with E-state index >= 15 is 0 Å². The van der Waals surface area contributed by atoms with Crippen LogP contribution in [0.2, 0.25) is 0 Å². The van der Waals surface area contributed by atoms with Gasteiger partial charge in [-0.3, -0.25) is 9.59 Å². The molecule has 0 spiro atoms. The van der Waals surface area contributed by atoms with E-state index in [1.807, 2.05) is 17.9 Å². The number of nitrogens with zero attached hydrogens (tertiary/aromatic N) is 1. The number of aryl methyl sites for hydroxylation is 1. The quantitative estimate of drug-likeness (QED) is 0.906. The number of piperidine rings is 1. The first-order valence-electron chi connectivity index (χ1n) is 8.38. The molecule has 2 heterocycles. The molecular formula is C19H21FN2O2S. The number of likely N-dealkylation sites (tertiary alicyclic amines) is 1. The molecular weight excluding hydrogens is 339 g/mol. The van der Waals surface area contributed by atoms with Gasteiger partial charge in [0, 0.05) is 24.4 Å². The van der Waals surface area contributed by atoms with Crippen molar-refractivity contribution in [3.8, 4) is 10.4 Å². The highest BCUT2D eigenvalue weighted by atomic mass is 32.1. The third-order valence-electron chi connectivity index (χ3n) is 4.63. The summed E-state index contributed by atoms with van der Waals surface area (Å²) in [5.74, 6) is -0.240. The molecule has 3 rings (SSSR count). The van der Waals surface area contributed by atoms with Crippen molar-refractivity contribution in [3.63, 3.8) is 0 Å². The van der Waals surface area contributed by atoms with Crippen molar-refractivity contribution in [1.82, 2.24) is 4.90 Å². The highest BCUT2D eigenvalue weighted by molar-refractivity contribution is 7.17.